The Morgan fingerprint density at radius 3 is 2.82 bits per heavy atom. The Morgan fingerprint density at radius 2 is 2.05 bits per heavy atom. The van der Waals surface area contributed by atoms with Crippen molar-refractivity contribution >= 4 is 33.2 Å². The summed E-state index contributed by atoms with van der Waals surface area (Å²) < 4.78 is 1.26. The molecule has 0 radical (unpaired) electrons. The quantitative estimate of drug-likeness (QED) is 0.699. The summed E-state index contributed by atoms with van der Waals surface area (Å²) in [5.74, 6) is 0.625. The molecule has 0 saturated carbocycles. The average Bonchev–Trinajstić information content (AvgIpc) is 2.99. The van der Waals surface area contributed by atoms with Crippen LogP contribution in [-0.2, 0) is 0 Å². The van der Waals surface area contributed by atoms with E-state index in [-0.39, 0.29) is 0 Å². The number of benzene rings is 1. The van der Waals surface area contributed by atoms with Crippen LogP contribution in [0.5, 0.6) is 0 Å². The van der Waals surface area contributed by atoms with Crippen LogP contribution < -0.4 is 0 Å². The smallest absolute Gasteiger partial charge is 0.0970 e. The van der Waals surface area contributed by atoms with Gasteiger partial charge >= 0.3 is 0 Å². The third kappa shape index (κ3) is 2.94. The molecule has 1 aromatic heterocycles. The van der Waals surface area contributed by atoms with E-state index < -0.39 is 0 Å². The molecule has 0 spiro atoms. The summed E-state index contributed by atoms with van der Waals surface area (Å²) in [6.45, 7) is 2.41. The molecule has 1 atom stereocenters. The van der Waals surface area contributed by atoms with E-state index in [4.69, 9.17) is 16.6 Å². The summed E-state index contributed by atoms with van der Waals surface area (Å²) in [5.41, 5.74) is 1.06. The first kappa shape index (κ1) is 14.7. The summed E-state index contributed by atoms with van der Waals surface area (Å²) in [4.78, 5) is 7.50. The molecular weight excluding hydrogens is 312 g/mol. The molecule has 2 aliphatic rings. The van der Waals surface area contributed by atoms with Gasteiger partial charge in [-0.1, -0.05) is 23.8 Å². The molecule has 1 aromatic carbocycles. The fourth-order valence-corrected chi connectivity index (χ4v) is 4.95. The Morgan fingerprint density at radius 1 is 1.18 bits per heavy atom. The number of piperidine rings is 1. The van der Waals surface area contributed by atoms with Gasteiger partial charge in [0, 0.05) is 17.0 Å². The molecule has 22 heavy (non-hydrogen) atoms. The maximum Gasteiger partial charge on any atom is 0.0970 e. The first-order valence-electron chi connectivity index (χ1n) is 8.26. The van der Waals surface area contributed by atoms with Crippen molar-refractivity contribution in [1.29, 1.82) is 0 Å². The fourth-order valence-electron chi connectivity index (χ4n) is 3.67. The van der Waals surface area contributed by atoms with E-state index in [0.717, 1.165) is 10.5 Å². The number of hydrogen-bond donors (Lipinski definition) is 0. The lowest BCUT2D eigenvalue weighted by Crippen LogP contribution is -2.40. The molecule has 1 aliphatic heterocycles. The van der Waals surface area contributed by atoms with Gasteiger partial charge in [0.05, 0.1) is 15.2 Å². The lowest BCUT2D eigenvalue weighted by Gasteiger charge is -2.36. The third-order valence-corrected chi connectivity index (χ3v) is 6.38. The second kappa shape index (κ2) is 6.31. The van der Waals surface area contributed by atoms with Crippen molar-refractivity contribution < 1.29 is 0 Å². The Balaban J connectivity index is 1.45. The van der Waals surface area contributed by atoms with Crippen molar-refractivity contribution in [2.24, 2.45) is 0 Å². The Bertz CT molecular complexity index is 685. The van der Waals surface area contributed by atoms with Crippen LogP contribution in [0.25, 0.3) is 10.2 Å². The van der Waals surface area contributed by atoms with E-state index in [1.807, 2.05) is 23.5 Å². The number of halogens is 1. The molecule has 1 unspecified atom stereocenters. The molecule has 1 aliphatic carbocycles. The maximum absolute atomic E-state index is 6.07. The Hall–Kier alpha value is -0.900. The van der Waals surface area contributed by atoms with Crippen LogP contribution in [0.1, 0.15) is 43.0 Å². The first-order valence-corrected chi connectivity index (χ1v) is 9.46. The third-order valence-electron chi connectivity index (χ3n) is 4.94. The van der Waals surface area contributed by atoms with E-state index >= 15 is 0 Å². The van der Waals surface area contributed by atoms with Crippen molar-refractivity contribution in [3.8, 4) is 0 Å². The van der Waals surface area contributed by atoms with Gasteiger partial charge in [-0.15, -0.1) is 11.3 Å². The molecule has 2 nitrogen and oxygen atoms in total. The van der Waals surface area contributed by atoms with E-state index in [1.54, 1.807) is 0 Å². The molecule has 116 valence electrons. The summed E-state index contributed by atoms with van der Waals surface area (Å²) >= 11 is 7.92. The monoisotopic (exact) mass is 332 g/mol. The van der Waals surface area contributed by atoms with Gasteiger partial charge in [0.25, 0.3) is 0 Å². The van der Waals surface area contributed by atoms with Crippen molar-refractivity contribution in [1.82, 2.24) is 9.88 Å². The normalized spacial score (nSPS) is 24.1. The van der Waals surface area contributed by atoms with Gasteiger partial charge < -0.3 is 0 Å². The maximum atomic E-state index is 6.07. The largest absolute Gasteiger partial charge is 0.297 e. The second-order valence-electron chi connectivity index (χ2n) is 6.40. The Labute approximate surface area is 140 Å². The molecule has 2 aromatic rings. The van der Waals surface area contributed by atoms with E-state index in [2.05, 4.69) is 23.1 Å². The first-order chi connectivity index (χ1) is 10.8. The number of aromatic nitrogens is 1. The fraction of sp³-hybridized carbons (Fsp3) is 0.500. The van der Waals surface area contributed by atoms with Crippen LogP contribution in [0, 0.1) is 0 Å². The van der Waals surface area contributed by atoms with Crippen molar-refractivity contribution in [3.63, 3.8) is 0 Å². The zero-order valence-electron chi connectivity index (χ0n) is 12.7. The van der Waals surface area contributed by atoms with Gasteiger partial charge in [-0.05, 0) is 63.4 Å². The van der Waals surface area contributed by atoms with Gasteiger partial charge in [-0.2, -0.15) is 0 Å². The number of thiazole rings is 1. The molecule has 1 saturated heterocycles. The molecule has 0 bridgehead atoms. The van der Waals surface area contributed by atoms with E-state index in [1.165, 1.54) is 54.9 Å². The van der Waals surface area contributed by atoms with Gasteiger partial charge in [-0.3, -0.25) is 4.90 Å². The van der Waals surface area contributed by atoms with Crippen molar-refractivity contribution in [3.05, 3.63) is 40.4 Å². The average molecular weight is 333 g/mol. The molecule has 0 N–H and O–H groups in total. The minimum Gasteiger partial charge on any atom is -0.297 e. The minimum absolute atomic E-state index is 0.625. The van der Waals surface area contributed by atoms with Crippen LogP contribution in [0.2, 0.25) is 5.02 Å². The topological polar surface area (TPSA) is 16.1 Å². The number of allylic oxidation sites excluding steroid dienone is 1. The summed E-state index contributed by atoms with van der Waals surface area (Å²) in [6, 6.07) is 6.73. The lowest BCUT2D eigenvalue weighted by molar-refractivity contribution is 0.167. The lowest BCUT2D eigenvalue weighted by atomic mass is 9.93. The molecule has 0 amide bonds. The van der Waals surface area contributed by atoms with Crippen LogP contribution in [0.15, 0.2) is 30.4 Å². The van der Waals surface area contributed by atoms with Crippen LogP contribution >= 0.6 is 22.9 Å². The molecular formula is C18H21ClN2S. The zero-order chi connectivity index (χ0) is 14.9. The van der Waals surface area contributed by atoms with E-state index in [0.29, 0.717) is 12.0 Å². The van der Waals surface area contributed by atoms with Crippen LogP contribution in [-0.4, -0.2) is 29.0 Å². The highest BCUT2D eigenvalue weighted by molar-refractivity contribution is 7.18. The molecule has 4 heteroatoms. The van der Waals surface area contributed by atoms with Crippen LogP contribution in [0.4, 0.5) is 0 Å². The number of rotatable bonds is 2. The SMILES string of the molecule is Clc1ccc2sc(C3CCN(C4C=CCCC4)CC3)nc2c1. The highest BCUT2D eigenvalue weighted by Gasteiger charge is 2.26. The second-order valence-corrected chi connectivity index (χ2v) is 7.90. The molecule has 2 heterocycles. The number of nitrogens with zero attached hydrogens (tertiary/aromatic N) is 2. The number of fused-ring (bicyclic) bond motifs is 1. The summed E-state index contributed by atoms with van der Waals surface area (Å²) in [7, 11) is 0. The van der Waals surface area contributed by atoms with Crippen molar-refractivity contribution in [2.75, 3.05) is 13.1 Å². The van der Waals surface area contributed by atoms with E-state index in [9.17, 15) is 0 Å². The highest BCUT2D eigenvalue weighted by Crippen LogP contribution is 2.35. The predicted molar refractivity (Wildman–Crippen MR) is 95.0 cm³/mol. The zero-order valence-corrected chi connectivity index (χ0v) is 14.2. The molecule has 4 rings (SSSR count). The number of hydrogen-bond acceptors (Lipinski definition) is 3. The van der Waals surface area contributed by atoms with Gasteiger partial charge in [-0.25, -0.2) is 4.98 Å². The minimum atomic E-state index is 0.625. The molecule has 1 fully saturated rings. The van der Waals surface area contributed by atoms with Gasteiger partial charge in [0.15, 0.2) is 0 Å². The summed E-state index contributed by atoms with van der Waals surface area (Å²) in [5, 5.41) is 2.08. The van der Waals surface area contributed by atoms with Gasteiger partial charge in [0.1, 0.15) is 0 Å². The standard InChI is InChI=1S/C18H21ClN2S/c19-14-6-7-17-16(12-14)20-18(22-17)13-8-10-21(11-9-13)15-4-2-1-3-5-15/h2,4,6-7,12-13,15H,1,3,5,8-11H2. The van der Waals surface area contributed by atoms with Gasteiger partial charge in [0.2, 0.25) is 0 Å². The number of likely N-dealkylation sites (tertiary alicyclic amines) is 1. The Kier molecular flexibility index (Phi) is 4.21. The van der Waals surface area contributed by atoms with Crippen LogP contribution in [0.3, 0.4) is 0 Å². The highest BCUT2D eigenvalue weighted by atomic mass is 35.5. The summed E-state index contributed by atoms with van der Waals surface area (Å²) in [6.07, 6.45) is 11.2. The predicted octanol–water partition coefficient (Wildman–Crippen LogP) is 5.24. The van der Waals surface area contributed by atoms with Crippen molar-refractivity contribution in [2.45, 2.75) is 44.1 Å².